The minimum atomic E-state index is 0.0474. The predicted molar refractivity (Wildman–Crippen MR) is 70.6 cm³/mol. The first kappa shape index (κ1) is 13.8. The Hall–Kier alpha value is -0.220. The van der Waals surface area contributed by atoms with Crippen molar-refractivity contribution in [2.45, 2.75) is 39.2 Å². The Balaban J connectivity index is 2.17. The molecule has 0 aliphatic carbocycles. The summed E-state index contributed by atoms with van der Waals surface area (Å²) in [5.74, 6) is 1.93. The van der Waals surface area contributed by atoms with Crippen LogP contribution in [0.5, 0.6) is 0 Å². The molecule has 1 aliphatic rings. The maximum Gasteiger partial charge on any atom is 0.241 e. The van der Waals surface area contributed by atoms with Gasteiger partial charge < -0.3 is 4.90 Å². The summed E-state index contributed by atoms with van der Waals surface area (Å²) in [4.78, 5) is 13.9. The molecule has 1 unspecified atom stereocenters. The lowest BCUT2D eigenvalue weighted by Gasteiger charge is -2.16. The van der Waals surface area contributed by atoms with Gasteiger partial charge in [-0.2, -0.15) is 11.8 Å². The fourth-order valence-electron chi connectivity index (χ4n) is 2.01. The first-order valence-electron chi connectivity index (χ1n) is 6.18. The van der Waals surface area contributed by atoms with Crippen LogP contribution in [0.4, 0.5) is 0 Å². The minimum absolute atomic E-state index is 0.0474. The molecule has 0 aromatic rings. The molecule has 0 spiro atoms. The Labute approximate surface area is 103 Å². The second-order valence-corrected chi connectivity index (χ2v) is 5.72. The quantitative estimate of drug-likeness (QED) is 0.695. The molecule has 0 bridgehead atoms. The molecule has 1 N–H and O–H groups in total. The number of carbonyl (C=O) groups is 1. The number of thioether (sulfide) groups is 1. The van der Waals surface area contributed by atoms with Crippen molar-refractivity contribution in [2.75, 3.05) is 25.2 Å². The molecule has 1 saturated heterocycles. The lowest BCUT2D eigenvalue weighted by atomic mass is 10.1. The van der Waals surface area contributed by atoms with Crippen LogP contribution in [0.2, 0.25) is 0 Å². The molecular formula is C12H24N2OS. The molecule has 1 amide bonds. The van der Waals surface area contributed by atoms with Gasteiger partial charge in [0, 0.05) is 6.54 Å². The summed E-state index contributed by atoms with van der Waals surface area (Å²) in [6.45, 7) is 5.85. The van der Waals surface area contributed by atoms with E-state index in [1.54, 1.807) is 0 Å². The number of hydrogen-bond donors (Lipinski definition) is 1. The second kappa shape index (κ2) is 7.17. The Morgan fingerprint density at radius 2 is 2.19 bits per heavy atom. The number of amides is 1. The highest BCUT2D eigenvalue weighted by molar-refractivity contribution is 7.98. The highest BCUT2D eigenvalue weighted by atomic mass is 32.2. The van der Waals surface area contributed by atoms with E-state index in [9.17, 15) is 4.79 Å². The molecule has 0 radical (unpaired) electrons. The van der Waals surface area contributed by atoms with Gasteiger partial charge in [0.05, 0.1) is 12.7 Å². The molecule has 94 valence electrons. The smallest absolute Gasteiger partial charge is 0.241 e. The average molecular weight is 244 g/mol. The van der Waals surface area contributed by atoms with Crippen LogP contribution in [-0.4, -0.2) is 42.1 Å². The number of nitrogens with one attached hydrogen (secondary N) is 1. The molecule has 4 heteroatoms. The highest BCUT2D eigenvalue weighted by Crippen LogP contribution is 2.13. The first-order valence-corrected chi connectivity index (χ1v) is 7.57. The molecule has 0 aromatic heterocycles. The number of rotatable bonds is 7. The Kier molecular flexibility index (Phi) is 6.21. The molecule has 1 rings (SSSR count). The van der Waals surface area contributed by atoms with Gasteiger partial charge in [0.2, 0.25) is 5.91 Å². The van der Waals surface area contributed by atoms with Crippen LogP contribution in [0, 0.1) is 5.92 Å². The zero-order valence-electron chi connectivity index (χ0n) is 10.7. The molecule has 0 aromatic carbocycles. The maximum absolute atomic E-state index is 11.9. The molecule has 1 heterocycles. The zero-order valence-corrected chi connectivity index (χ0v) is 11.5. The van der Waals surface area contributed by atoms with Crippen molar-refractivity contribution in [3.63, 3.8) is 0 Å². The van der Waals surface area contributed by atoms with E-state index in [2.05, 4.69) is 25.4 Å². The maximum atomic E-state index is 11.9. The van der Waals surface area contributed by atoms with Crippen molar-refractivity contribution in [1.29, 1.82) is 0 Å². The zero-order chi connectivity index (χ0) is 12.0. The fraction of sp³-hybridized carbons (Fsp3) is 0.917. The summed E-state index contributed by atoms with van der Waals surface area (Å²) < 4.78 is 0. The van der Waals surface area contributed by atoms with Crippen LogP contribution in [0.25, 0.3) is 0 Å². The van der Waals surface area contributed by atoms with Crippen LogP contribution in [0.15, 0.2) is 0 Å². The number of hydrogen-bond acceptors (Lipinski definition) is 3. The number of carbonyl (C=O) groups excluding carboxylic acids is 1. The predicted octanol–water partition coefficient (Wildman–Crippen LogP) is 1.93. The van der Waals surface area contributed by atoms with Crippen LogP contribution in [0.1, 0.15) is 33.1 Å². The Morgan fingerprint density at radius 1 is 1.44 bits per heavy atom. The van der Waals surface area contributed by atoms with Crippen molar-refractivity contribution >= 4 is 17.7 Å². The van der Waals surface area contributed by atoms with E-state index in [4.69, 9.17) is 0 Å². The third kappa shape index (κ3) is 3.98. The summed E-state index contributed by atoms with van der Waals surface area (Å²) in [7, 11) is 0. The second-order valence-electron chi connectivity index (χ2n) is 4.74. The van der Waals surface area contributed by atoms with Gasteiger partial charge >= 0.3 is 0 Å². The van der Waals surface area contributed by atoms with Gasteiger partial charge in [-0.25, -0.2) is 0 Å². The summed E-state index contributed by atoms with van der Waals surface area (Å²) >= 11 is 1.90. The van der Waals surface area contributed by atoms with Crippen LogP contribution >= 0.6 is 11.8 Å². The largest absolute Gasteiger partial charge is 0.329 e. The van der Waals surface area contributed by atoms with Crippen molar-refractivity contribution in [3.8, 4) is 0 Å². The summed E-state index contributed by atoms with van der Waals surface area (Å²) in [5, 5.41) is 3.28. The van der Waals surface area contributed by atoms with E-state index in [-0.39, 0.29) is 6.04 Å². The van der Waals surface area contributed by atoms with Gasteiger partial charge in [0.25, 0.3) is 0 Å². The Bertz CT molecular complexity index is 221. The lowest BCUT2D eigenvalue weighted by molar-refractivity contribution is -0.129. The van der Waals surface area contributed by atoms with Gasteiger partial charge in [-0.3, -0.25) is 10.1 Å². The number of nitrogens with zero attached hydrogens (tertiary/aromatic N) is 1. The van der Waals surface area contributed by atoms with Crippen molar-refractivity contribution in [1.82, 2.24) is 10.2 Å². The van der Waals surface area contributed by atoms with E-state index in [1.165, 1.54) is 18.6 Å². The SMILES string of the molecule is CSCCCCCN1CNC(C(C)C)C1=O. The Morgan fingerprint density at radius 3 is 2.75 bits per heavy atom. The molecule has 1 aliphatic heterocycles. The lowest BCUT2D eigenvalue weighted by Crippen LogP contribution is -2.35. The minimum Gasteiger partial charge on any atom is -0.329 e. The third-order valence-electron chi connectivity index (χ3n) is 3.02. The van der Waals surface area contributed by atoms with Gasteiger partial charge in [-0.1, -0.05) is 20.3 Å². The van der Waals surface area contributed by atoms with Crippen LogP contribution in [0.3, 0.4) is 0 Å². The van der Waals surface area contributed by atoms with E-state index in [0.29, 0.717) is 11.8 Å². The van der Waals surface area contributed by atoms with E-state index in [1.807, 2.05) is 16.7 Å². The van der Waals surface area contributed by atoms with Crippen molar-refractivity contribution in [3.05, 3.63) is 0 Å². The topological polar surface area (TPSA) is 32.3 Å². The van der Waals surface area contributed by atoms with E-state index >= 15 is 0 Å². The molecule has 16 heavy (non-hydrogen) atoms. The summed E-state index contributed by atoms with van der Waals surface area (Å²) in [6.07, 6.45) is 5.78. The number of unbranched alkanes of at least 4 members (excludes halogenated alkanes) is 2. The normalized spacial score (nSPS) is 21.1. The van der Waals surface area contributed by atoms with Crippen LogP contribution in [-0.2, 0) is 4.79 Å². The molecular weight excluding hydrogens is 220 g/mol. The van der Waals surface area contributed by atoms with Gasteiger partial charge in [-0.05, 0) is 30.8 Å². The van der Waals surface area contributed by atoms with Gasteiger partial charge in [-0.15, -0.1) is 0 Å². The molecule has 1 atom stereocenters. The molecule has 1 fully saturated rings. The van der Waals surface area contributed by atoms with Crippen LogP contribution < -0.4 is 5.32 Å². The standard InChI is InChI=1S/C12H24N2OS/c1-10(2)11-12(15)14(9-13-11)7-5-4-6-8-16-3/h10-11,13H,4-9H2,1-3H3. The molecule has 3 nitrogen and oxygen atoms in total. The van der Waals surface area contributed by atoms with Crippen molar-refractivity contribution in [2.24, 2.45) is 5.92 Å². The third-order valence-corrected chi connectivity index (χ3v) is 3.72. The monoisotopic (exact) mass is 244 g/mol. The van der Waals surface area contributed by atoms with Crippen molar-refractivity contribution < 1.29 is 4.79 Å². The first-order chi connectivity index (χ1) is 7.66. The average Bonchev–Trinajstić information content (AvgIpc) is 2.60. The summed E-state index contributed by atoms with van der Waals surface area (Å²) in [6, 6.07) is 0.0474. The van der Waals surface area contributed by atoms with E-state index < -0.39 is 0 Å². The fourth-order valence-corrected chi connectivity index (χ4v) is 2.50. The van der Waals surface area contributed by atoms with Gasteiger partial charge in [0.1, 0.15) is 0 Å². The van der Waals surface area contributed by atoms with Gasteiger partial charge in [0.15, 0.2) is 0 Å². The molecule has 0 saturated carbocycles. The van der Waals surface area contributed by atoms with E-state index in [0.717, 1.165) is 19.6 Å². The summed E-state index contributed by atoms with van der Waals surface area (Å²) in [5.41, 5.74) is 0. The highest BCUT2D eigenvalue weighted by Gasteiger charge is 2.32.